The molecule has 12 nitrogen and oxygen atoms in total. The maximum absolute atomic E-state index is 11.4. The van der Waals surface area contributed by atoms with E-state index in [1.165, 1.54) is 0 Å². The summed E-state index contributed by atoms with van der Waals surface area (Å²) in [6, 6.07) is 0. The van der Waals surface area contributed by atoms with Gasteiger partial charge >= 0.3 is 0 Å². The smallest absolute Gasteiger partial charge is 0.186 e. The first kappa shape index (κ1) is 29.8. The summed E-state index contributed by atoms with van der Waals surface area (Å²) in [5.74, 6) is 0. The highest BCUT2D eigenvalue weighted by molar-refractivity contribution is 5.25. The van der Waals surface area contributed by atoms with E-state index in [0.29, 0.717) is 24.8 Å². The molecule has 0 saturated carbocycles. The van der Waals surface area contributed by atoms with Crippen molar-refractivity contribution in [2.24, 2.45) is 5.41 Å². The van der Waals surface area contributed by atoms with Crippen molar-refractivity contribution in [3.63, 3.8) is 0 Å². The highest BCUT2D eigenvalue weighted by Gasteiger charge is 2.51. The van der Waals surface area contributed by atoms with Crippen LogP contribution in [-0.4, -0.2) is 127 Å². The Morgan fingerprint density at radius 1 is 1.06 bits per heavy atom. The van der Waals surface area contributed by atoms with Crippen molar-refractivity contribution in [1.29, 1.82) is 0 Å². The fourth-order valence-electron chi connectivity index (χ4n) is 5.25. The third-order valence-electron chi connectivity index (χ3n) is 7.89. The topological polar surface area (TPSA) is 199 Å². The lowest BCUT2D eigenvalue weighted by atomic mass is 9.62. The number of aliphatic hydroxyl groups is 8. The van der Waals surface area contributed by atoms with Crippen molar-refractivity contribution < 1.29 is 59.8 Å². The first-order chi connectivity index (χ1) is 16.6. The first-order valence-electron chi connectivity index (χ1n) is 12.3. The molecule has 2 fully saturated rings. The van der Waals surface area contributed by atoms with Crippen LogP contribution in [0.4, 0.5) is 0 Å². The van der Waals surface area contributed by atoms with Gasteiger partial charge in [-0.25, -0.2) is 0 Å². The Balaban J connectivity index is 1.58. The maximum Gasteiger partial charge on any atom is 0.186 e. The zero-order valence-electron chi connectivity index (χ0n) is 21.2. The van der Waals surface area contributed by atoms with Gasteiger partial charge in [-0.15, -0.1) is 0 Å². The molecule has 11 atom stereocenters. The average molecular weight is 523 g/mol. The van der Waals surface area contributed by atoms with Crippen LogP contribution in [0.2, 0.25) is 0 Å². The first-order valence-corrected chi connectivity index (χ1v) is 12.3. The molecule has 0 spiro atoms. The van der Waals surface area contributed by atoms with E-state index < -0.39 is 78.5 Å². The highest BCUT2D eigenvalue weighted by Crippen LogP contribution is 2.47. The zero-order valence-corrected chi connectivity index (χ0v) is 21.2. The highest BCUT2D eigenvalue weighted by atomic mass is 16.7. The molecule has 3 rings (SSSR count). The molecule has 8 N–H and O–H groups in total. The van der Waals surface area contributed by atoms with Crippen molar-refractivity contribution in [2.75, 3.05) is 19.8 Å². The largest absolute Gasteiger partial charge is 0.393 e. The molecule has 2 saturated heterocycles. The van der Waals surface area contributed by atoms with Crippen LogP contribution in [0.1, 0.15) is 47.0 Å². The molecule has 0 bridgehead atoms. The molecule has 0 amide bonds. The van der Waals surface area contributed by atoms with Crippen molar-refractivity contribution >= 4 is 0 Å². The third kappa shape index (κ3) is 5.80. The SMILES string of the molecule is CC1=C[C@@H](O)CC(C)(C)[C@@]1(O)CC[C@@H](C)O[C@@H]1O[C@H](CO[C@@H]2OC[C@](O)(CO)[C@H]2O)[C@@H](O)[C@H](O)[C@H]1O. The minimum absolute atomic E-state index is 0.321. The van der Waals surface area contributed by atoms with Crippen molar-refractivity contribution in [1.82, 2.24) is 0 Å². The summed E-state index contributed by atoms with van der Waals surface area (Å²) >= 11 is 0. The number of rotatable bonds is 9. The molecule has 0 radical (unpaired) electrons. The minimum atomic E-state index is -1.88. The third-order valence-corrected chi connectivity index (χ3v) is 7.89. The van der Waals surface area contributed by atoms with E-state index in [-0.39, 0.29) is 13.2 Å². The lowest BCUT2D eigenvalue weighted by molar-refractivity contribution is -0.318. The second-order valence-corrected chi connectivity index (χ2v) is 11.1. The van der Waals surface area contributed by atoms with Crippen molar-refractivity contribution in [3.05, 3.63) is 11.6 Å². The van der Waals surface area contributed by atoms with E-state index in [0.717, 1.165) is 0 Å². The Morgan fingerprint density at radius 3 is 2.31 bits per heavy atom. The Morgan fingerprint density at radius 2 is 1.72 bits per heavy atom. The summed E-state index contributed by atoms with van der Waals surface area (Å²) in [7, 11) is 0. The quantitative estimate of drug-likeness (QED) is 0.154. The lowest BCUT2D eigenvalue weighted by Gasteiger charge is -2.48. The molecule has 0 aromatic heterocycles. The fourth-order valence-corrected chi connectivity index (χ4v) is 5.25. The maximum atomic E-state index is 11.4. The van der Waals surface area contributed by atoms with E-state index in [1.54, 1.807) is 19.9 Å². The summed E-state index contributed by atoms with van der Waals surface area (Å²) in [6.07, 6.45) is -8.41. The summed E-state index contributed by atoms with van der Waals surface area (Å²) in [6.45, 7) is 5.82. The zero-order chi connectivity index (χ0) is 27.1. The predicted octanol–water partition coefficient (Wildman–Crippen LogP) is -2.10. The Hall–Kier alpha value is -0.740. The van der Waals surface area contributed by atoms with E-state index in [9.17, 15) is 40.9 Å². The van der Waals surface area contributed by atoms with Crippen LogP contribution in [0.5, 0.6) is 0 Å². The fraction of sp³-hybridized carbons (Fsp3) is 0.917. The molecular weight excluding hydrogens is 480 g/mol. The van der Waals surface area contributed by atoms with Gasteiger partial charge < -0.3 is 59.8 Å². The van der Waals surface area contributed by atoms with Crippen LogP contribution in [0, 0.1) is 5.41 Å². The van der Waals surface area contributed by atoms with Gasteiger partial charge in [-0.2, -0.15) is 0 Å². The minimum Gasteiger partial charge on any atom is -0.393 e. The summed E-state index contributed by atoms with van der Waals surface area (Å²) in [5, 5.41) is 81.9. The Labute approximate surface area is 210 Å². The molecule has 2 heterocycles. The normalized spacial score (nSPS) is 45.9. The van der Waals surface area contributed by atoms with Gasteiger partial charge in [0.25, 0.3) is 0 Å². The summed E-state index contributed by atoms with van der Waals surface area (Å²) < 4.78 is 22.0. The van der Waals surface area contributed by atoms with Gasteiger partial charge in [0.2, 0.25) is 0 Å². The van der Waals surface area contributed by atoms with Crippen LogP contribution < -0.4 is 0 Å². The van der Waals surface area contributed by atoms with Crippen LogP contribution in [-0.2, 0) is 18.9 Å². The number of hydrogen-bond acceptors (Lipinski definition) is 12. The van der Waals surface area contributed by atoms with Gasteiger partial charge in [-0.05, 0) is 38.7 Å². The van der Waals surface area contributed by atoms with E-state index >= 15 is 0 Å². The van der Waals surface area contributed by atoms with E-state index in [1.807, 2.05) is 13.8 Å². The molecule has 210 valence electrons. The standard InChI is InChI=1S/C24H42O12/c1-12-7-14(26)8-22(3,4)24(12,32)6-5-13(2)35-20-18(29)17(28)16(27)15(36-20)9-33-21-19(30)23(31,10-25)11-34-21/h7,13-21,25-32H,5-6,8-11H2,1-4H3/t13-,14-,15-,16-,17+,18-,19+,20-,21-,23-,24-/m1/s1. The molecule has 36 heavy (non-hydrogen) atoms. The van der Waals surface area contributed by atoms with Crippen molar-refractivity contribution in [3.8, 4) is 0 Å². The van der Waals surface area contributed by atoms with Gasteiger partial charge in [0.15, 0.2) is 12.6 Å². The Kier molecular flexibility index (Phi) is 9.25. The molecular formula is C24H42O12. The Bertz CT molecular complexity index is 776. The second-order valence-electron chi connectivity index (χ2n) is 11.1. The average Bonchev–Trinajstić information content (AvgIpc) is 3.09. The molecule has 0 unspecified atom stereocenters. The molecule has 1 aliphatic carbocycles. The van der Waals surface area contributed by atoms with Gasteiger partial charge in [-0.1, -0.05) is 19.9 Å². The number of hydrogen-bond donors (Lipinski definition) is 8. The molecule has 0 aromatic rings. The lowest BCUT2D eigenvalue weighted by Crippen LogP contribution is -2.60. The summed E-state index contributed by atoms with van der Waals surface area (Å²) in [5.41, 5.74) is -2.95. The molecule has 0 aromatic carbocycles. The van der Waals surface area contributed by atoms with Crippen LogP contribution in [0.15, 0.2) is 11.6 Å². The predicted molar refractivity (Wildman–Crippen MR) is 123 cm³/mol. The van der Waals surface area contributed by atoms with E-state index in [2.05, 4.69) is 0 Å². The van der Waals surface area contributed by atoms with Gasteiger partial charge in [0.05, 0.1) is 37.6 Å². The van der Waals surface area contributed by atoms with Gasteiger partial charge in [0.1, 0.15) is 36.1 Å². The van der Waals surface area contributed by atoms with Crippen molar-refractivity contribution in [2.45, 2.75) is 113 Å². The monoisotopic (exact) mass is 522 g/mol. The van der Waals surface area contributed by atoms with E-state index in [4.69, 9.17) is 18.9 Å². The van der Waals surface area contributed by atoms with Crippen LogP contribution >= 0.6 is 0 Å². The second kappa shape index (κ2) is 11.2. The molecule has 12 heteroatoms. The number of aliphatic hydroxyl groups excluding tert-OH is 6. The molecule has 2 aliphatic heterocycles. The van der Waals surface area contributed by atoms with Gasteiger partial charge in [-0.3, -0.25) is 0 Å². The molecule has 3 aliphatic rings. The van der Waals surface area contributed by atoms with Crippen LogP contribution in [0.3, 0.4) is 0 Å². The van der Waals surface area contributed by atoms with Gasteiger partial charge in [0, 0.05) is 5.41 Å². The van der Waals surface area contributed by atoms with Crippen LogP contribution in [0.25, 0.3) is 0 Å². The number of ether oxygens (including phenoxy) is 4. The summed E-state index contributed by atoms with van der Waals surface area (Å²) in [4.78, 5) is 0.